The zero-order valence-electron chi connectivity index (χ0n) is 15.8. The van der Waals surface area contributed by atoms with Gasteiger partial charge in [0.15, 0.2) is 0 Å². The third kappa shape index (κ3) is 5.41. The molecular formula is C20H22N6O2. The lowest BCUT2D eigenvalue weighted by Gasteiger charge is -2.11. The Kier molecular flexibility index (Phi) is 6.35. The average molecular weight is 378 g/mol. The molecule has 0 saturated heterocycles. The average Bonchev–Trinajstić information content (AvgIpc) is 2.71. The minimum absolute atomic E-state index is 0.155. The highest BCUT2D eigenvalue weighted by Crippen LogP contribution is 2.15. The van der Waals surface area contributed by atoms with Crippen molar-refractivity contribution in [3.63, 3.8) is 0 Å². The molecule has 0 saturated carbocycles. The summed E-state index contributed by atoms with van der Waals surface area (Å²) in [7, 11) is 1.57. The van der Waals surface area contributed by atoms with Gasteiger partial charge in [-0.1, -0.05) is 12.1 Å². The van der Waals surface area contributed by atoms with E-state index in [1.807, 2.05) is 25.1 Å². The van der Waals surface area contributed by atoms with Gasteiger partial charge in [-0.3, -0.25) is 4.79 Å². The smallest absolute Gasteiger partial charge is 0.251 e. The van der Waals surface area contributed by atoms with Crippen LogP contribution < -0.4 is 20.7 Å². The van der Waals surface area contributed by atoms with E-state index in [2.05, 4.69) is 30.9 Å². The van der Waals surface area contributed by atoms with Crippen molar-refractivity contribution in [2.45, 2.75) is 6.92 Å². The summed E-state index contributed by atoms with van der Waals surface area (Å²) in [5, 5.41) is 9.20. The van der Waals surface area contributed by atoms with Crippen LogP contribution in [-0.2, 0) is 0 Å². The fraction of sp³-hybridized carbons (Fsp3) is 0.200. The lowest BCUT2D eigenvalue weighted by molar-refractivity contribution is 0.0955. The summed E-state index contributed by atoms with van der Waals surface area (Å²) in [5.74, 6) is 3.14. The number of amides is 1. The van der Waals surface area contributed by atoms with Gasteiger partial charge in [0, 0.05) is 30.9 Å². The Morgan fingerprint density at radius 3 is 2.64 bits per heavy atom. The molecule has 0 fully saturated rings. The number of aromatic nitrogens is 3. The minimum Gasteiger partial charge on any atom is -0.497 e. The van der Waals surface area contributed by atoms with Crippen LogP contribution in [0.2, 0.25) is 0 Å². The summed E-state index contributed by atoms with van der Waals surface area (Å²) in [6, 6.07) is 14.4. The Morgan fingerprint density at radius 2 is 1.86 bits per heavy atom. The van der Waals surface area contributed by atoms with Crippen LogP contribution >= 0.6 is 0 Å². The molecule has 1 aromatic carbocycles. The second kappa shape index (κ2) is 9.31. The van der Waals surface area contributed by atoms with Crippen LogP contribution in [0.3, 0.4) is 0 Å². The normalized spacial score (nSPS) is 10.2. The Balaban J connectivity index is 1.52. The van der Waals surface area contributed by atoms with Gasteiger partial charge in [0.1, 0.15) is 29.0 Å². The first-order valence-corrected chi connectivity index (χ1v) is 8.84. The van der Waals surface area contributed by atoms with E-state index in [1.165, 1.54) is 0 Å². The number of rotatable bonds is 8. The van der Waals surface area contributed by atoms with Gasteiger partial charge in [-0.2, -0.15) is 0 Å². The number of nitrogens with zero attached hydrogens (tertiary/aromatic N) is 3. The molecule has 144 valence electrons. The van der Waals surface area contributed by atoms with Gasteiger partial charge in [0.05, 0.1) is 7.11 Å². The first-order valence-electron chi connectivity index (χ1n) is 8.84. The van der Waals surface area contributed by atoms with Gasteiger partial charge < -0.3 is 20.7 Å². The Labute approximate surface area is 163 Å². The standard InChI is InChI=1S/C20H22N6O2/c1-14-24-18(13-19(25-14)26-17-8-3-4-9-21-17)22-10-11-23-20(27)15-6-5-7-16(12-15)28-2/h3-9,12-13H,10-11H2,1-2H3,(H,23,27)(H2,21,22,24,25,26). The van der Waals surface area contributed by atoms with Crippen molar-refractivity contribution in [1.29, 1.82) is 0 Å². The van der Waals surface area contributed by atoms with Crippen molar-refractivity contribution < 1.29 is 9.53 Å². The van der Waals surface area contributed by atoms with Crippen LogP contribution in [0.15, 0.2) is 54.7 Å². The number of carbonyl (C=O) groups excluding carboxylic acids is 1. The van der Waals surface area contributed by atoms with E-state index < -0.39 is 0 Å². The number of nitrogens with one attached hydrogen (secondary N) is 3. The lowest BCUT2D eigenvalue weighted by atomic mass is 10.2. The number of ether oxygens (including phenoxy) is 1. The van der Waals surface area contributed by atoms with Crippen LogP contribution in [0.5, 0.6) is 5.75 Å². The highest BCUT2D eigenvalue weighted by Gasteiger charge is 2.06. The first kappa shape index (κ1) is 19.1. The molecule has 3 rings (SSSR count). The molecular weight excluding hydrogens is 356 g/mol. The highest BCUT2D eigenvalue weighted by atomic mass is 16.5. The summed E-state index contributed by atoms with van der Waals surface area (Å²) >= 11 is 0. The molecule has 0 aliphatic carbocycles. The molecule has 0 unspecified atom stereocenters. The molecule has 8 heteroatoms. The molecule has 0 spiro atoms. The summed E-state index contributed by atoms with van der Waals surface area (Å²) in [4.78, 5) is 25.1. The molecule has 0 aliphatic rings. The SMILES string of the molecule is COc1cccc(C(=O)NCCNc2cc(Nc3ccccn3)nc(C)n2)c1. The third-order valence-electron chi connectivity index (χ3n) is 3.81. The number of aryl methyl sites for hydroxylation is 1. The maximum Gasteiger partial charge on any atom is 0.251 e. The third-order valence-corrected chi connectivity index (χ3v) is 3.81. The number of anilines is 3. The molecule has 3 N–H and O–H groups in total. The highest BCUT2D eigenvalue weighted by molar-refractivity contribution is 5.94. The van der Waals surface area contributed by atoms with Crippen LogP contribution in [0.1, 0.15) is 16.2 Å². The van der Waals surface area contributed by atoms with Gasteiger partial charge in [-0.15, -0.1) is 0 Å². The molecule has 8 nitrogen and oxygen atoms in total. The monoisotopic (exact) mass is 378 g/mol. The Morgan fingerprint density at radius 1 is 1.00 bits per heavy atom. The molecule has 3 aromatic rings. The summed E-state index contributed by atoms with van der Waals surface area (Å²) in [6.07, 6.45) is 1.71. The van der Waals surface area contributed by atoms with Crippen molar-refractivity contribution in [3.8, 4) is 5.75 Å². The summed E-state index contributed by atoms with van der Waals surface area (Å²) in [5.41, 5.74) is 0.555. The fourth-order valence-corrected chi connectivity index (χ4v) is 2.52. The fourth-order valence-electron chi connectivity index (χ4n) is 2.52. The molecule has 0 atom stereocenters. The topological polar surface area (TPSA) is 101 Å². The van der Waals surface area contributed by atoms with Gasteiger partial charge in [0.2, 0.25) is 0 Å². The maximum atomic E-state index is 12.2. The van der Waals surface area contributed by atoms with Crippen molar-refractivity contribution in [1.82, 2.24) is 20.3 Å². The maximum absolute atomic E-state index is 12.2. The molecule has 2 aromatic heterocycles. The van der Waals surface area contributed by atoms with Crippen LogP contribution in [0, 0.1) is 6.92 Å². The van der Waals surface area contributed by atoms with Gasteiger partial charge in [0.25, 0.3) is 5.91 Å². The summed E-state index contributed by atoms with van der Waals surface area (Å²) < 4.78 is 5.14. The predicted octanol–water partition coefficient (Wildman–Crippen LogP) is 2.77. The van der Waals surface area contributed by atoms with Crippen LogP contribution in [0.25, 0.3) is 0 Å². The Bertz CT molecular complexity index is 933. The zero-order valence-corrected chi connectivity index (χ0v) is 15.8. The minimum atomic E-state index is -0.155. The van der Waals surface area contributed by atoms with Crippen molar-refractivity contribution in [2.24, 2.45) is 0 Å². The molecule has 0 aliphatic heterocycles. The second-order valence-corrected chi connectivity index (χ2v) is 5.94. The van der Waals surface area contributed by atoms with Gasteiger partial charge in [-0.25, -0.2) is 15.0 Å². The van der Waals surface area contributed by atoms with E-state index in [9.17, 15) is 4.79 Å². The number of pyridine rings is 1. The quantitative estimate of drug-likeness (QED) is 0.518. The van der Waals surface area contributed by atoms with Crippen molar-refractivity contribution in [2.75, 3.05) is 30.8 Å². The van der Waals surface area contributed by atoms with Crippen LogP contribution in [-0.4, -0.2) is 41.1 Å². The van der Waals surface area contributed by atoms with Crippen molar-refractivity contribution in [3.05, 3.63) is 66.1 Å². The second-order valence-electron chi connectivity index (χ2n) is 5.94. The van der Waals surface area contributed by atoms with Gasteiger partial charge in [-0.05, 0) is 37.3 Å². The van der Waals surface area contributed by atoms with E-state index in [0.29, 0.717) is 47.7 Å². The number of hydrogen-bond acceptors (Lipinski definition) is 7. The van der Waals surface area contributed by atoms with E-state index in [4.69, 9.17) is 4.74 Å². The predicted molar refractivity (Wildman–Crippen MR) is 108 cm³/mol. The van der Waals surface area contributed by atoms with Crippen molar-refractivity contribution >= 4 is 23.4 Å². The molecule has 2 heterocycles. The van der Waals surface area contributed by atoms with E-state index in [1.54, 1.807) is 43.6 Å². The van der Waals surface area contributed by atoms with Gasteiger partial charge >= 0.3 is 0 Å². The Hall–Kier alpha value is -3.68. The number of methoxy groups -OCH3 is 1. The number of carbonyl (C=O) groups is 1. The van der Waals surface area contributed by atoms with E-state index in [-0.39, 0.29) is 5.91 Å². The molecule has 1 amide bonds. The lowest BCUT2D eigenvalue weighted by Crippen LogP contribution is -2.28. The molecule has 0 radical (unpaired) electrons. The molecule has 0 bridgehead atoms. The van der Waals surface area contributed by atoms with Crippen LogP contribution in [0.4, 0.5) is 17.5 Å². The zero-order chi connectivity index (χ0) is 19.8. The largest absolute Gasteiger partial charge is 0.497 e. The first-order chi connectivity index (χ1) is 13.6. The number of hydrogen-bond donors (Lipinski definition) is 3. The summed E-state index contributed by atoms with van der Waals surface area (Å²) in [6.45, 7) is 2.79. The number of benzene rings is 1. The molecule has 28 heavy (non-hydrogen) atoms. The van der Waals surface area contributed by atoms with E-state index >= 15 is 0 Å². The van der Waals surface area contributed by atoms with E-state index in [0.717, 1.165) is 0 Å².